The fourth-order valence-corrected chi connectivity index (χ4v) is 1.73. The Morgan fingerprint density at radius 2 is 2.05 bits per heavy atom. The van der Waals surface area contributed by atoms with Crippen LogP contribution in [0.4, 0.5) is 11.5 Å². The van der Waals surface area contributed by atoms with E-state index in [4.69, 9.17) is 4.52 Å². The summed E-state index contributed by atoms with van der Waals surface area (Å²) in [5.41, 5.74) is 1.18. The second kappa shape index (κ2) is 6.01. The fourth-order valence-electron chi connectivity index (χ4n) is 1.73. The molecule has 2 rings (SSSR count). The number of aryl methyl sites for hydroxylation is 1. The number of ketones is 1. The molecule has 0 aliphatic heterocycles. The number of amides is 1. The van der Waals surface area contributed by atoms with Crippen LogP contribution in [0.3, 0.4) is 0 Å². The van der Waals surface area contributed by atoms with Crippen molar-refractivity contribution < 1.29 is 14.1 Å². The van der Waals surface area contributed by atoms with Gasteiger partial charge in [0.05, 0.1) is 6.54 Å². The van der Waals surface area contributed by atoms with Gasteiger partial charge in [0.1, 0.15) is 5.76 Å². The Bertz CT molecular complexity index is 634. The molecular weight excluding hydrogens is 258 g/mol. The number of carbonyl (C=O) groups is 2. The Morgan fingerprint density at radius 3 is 2.70 bits per heavy atom. The van der Waals surface area contributed by atoms with E-state index >= 15 is 0 Å². The Hall–Kier alpha value is -2.63. The first-order chi connectivity index (χ1) is 9.56. The molecule has 0 unspecified atom stereocenters. The predicted molar refractivity (Wildman–Crippen MR) is 74.8 cm³/mol. The molecule has 0 fully saturated rings. The summed E-state index contributed by atoms with van der Waals surface area (Å²) < 4.78 is 4.85. The third kappa shape index (κ3) is 3.44. The molecule has 0 saturated heterocycles. The first-order valence-corrected chi connectivity index (χ1v) is 6.13. The molecule has 0 atom stereocenters. The number of anilines is 2. The van der Waals surface area contributed by atoms with E-state index in [9.17, 15) is 9.59 Å². The Balaban J connectivity index is 1.95. The maximum Gasteiger partial charge on any atom is 0.244 e. The lowest BCUT2D eigenvalue weighted by atomic mass is 10.1. The van der Waals surface area contributed by atoms with Crippen molar-refractivity contribution in [2.75, 3.05) is 17.2 Å². The van der Waals surface area contributed by atoms with Gasteiger partial charge in [-0.3, -0.25) is 9.59 Å². The fraction of sp³-hybridized carbons (Fsp3) is 0.214. The van der Waals surface area contributed by atoms with Crippen molar-refractivity contribution in [2.45, 2.75) is 13.8 Å². The molecule has 2 aromatic rings. The summed E-state index contributed by atoms with van der Waals surface area (Å²) in [5.74, 6) is 0.668. The molecule has 1 amide bonds. The average Bonchev–Trinajstić information content (AvgIpc) is 2.82. The second-order valence-corrected chi connectivity index (χ2v) is 4.33. The Kier molecular flexibility index (Phi) is 4.14. The molecule has 20 heavy (non-hydrogen) atoms. The third-order valence-corrected chi connectivity index (χ3v) is 2.64. The van der Waals surface area contributed by atoms with Crippen LogP contribution in [0.5, 0.6) is 0 Å². The summed E-state index contributed by atoms with van der Waals surface area (Å²) in [6, 6.07) is 8.67. The maximum absolute atomic E-state index is 11.7. The molecule has 0 aliphatic carbocycles. The highest BCUT2D eigenvalue weighted by atomic mass is 16.5. The normalized spacial score (nSPS) is 10.1. The van der Waals surface area contributed by atoms with Gasteiger partial charge >= 0.3 is 0 Å². The van der Waals surface area contributed by atoms with E-state index in [2.05, 4.69) is 15.8 Å². The molecule has 6 heteroatoms. The number of aromatic nitrogens is 1. The molecule has 1 aromatic carbocycles. The van der Waals surface area contributed by atoms with Crippen molar-refractivity contribution in [3.63, 3.8) is 0 Å². The van der Waals surface area contributed by atoms with Crippen LogP contribution in [0.2, 0.25) is 0 Å². The molecule has 1 heterocycles. The monoisotopic (exact) mass is 273 g/mol. The molecule has 1 aromatic heterocycles. The van der Waals surface area contributed by atoms with Crippen molar-refractivity contribution in [3.05, 3.63) is 41.7 Å². The molecule has 6 nitrogen and oxygen atoms in total. The number of Topliss-reactive ketones (excluding diaryl/α,β-unsaturated/α-hetero) is 1. The summed E-state index contributed by atoms with van der Waals surface area (Å²) in [5, 5.41) is 9.19. The number of nitrogens with one attached hydrogen (secondary N) is 2. The first kappa shape index (κ1) is 13.8. The molecule has 0 spiro atoms. The maximum atomic E-state index is 11.7. The smallest absolute Gasteiger partial charge is 0.244 e. The van der Waals surface area contributed by atoms with Gasteiger partial charge in [-0.25, -0.2) is 0 Å². The average molecular weight is 273 g/mol. The highest BCUT2D eigenvalue weighted by Crippen LogP contribution is 2.15. The van der Waals surface area contributed by atoms with E-state index in [-0.39, 0.29) is 18.2 Å². The van der Waals surface area contributed by atoms with E-state index in [1.807, 2.05) is 0 Å². The highest BCUT2D eigenvalue weighted by Gasteiger charge is 2.09. The summed E-state index contributed by atoms with van der Waals surface area (Å²) in [6.07, 6.45) is 0. The molecule has 0 saturated carbocycles. The minimum Gasteiger partial charge on any atom is -0.376 e. The third-order valence-electron chi connectivity index (χ3n) is 2.64. The van der Waals surface area contributed by atoms with E-state index < -0.39 is 0 Å². The highest BCUT2D eigenvalue weighted by molar-refractivity contribution is 6.00. The van der Waals surface area contributed by atoms with Gasteiger partial charge in [-0.1, -0.05) is 17.3 Å². The van der Waals surface area contributed by atoms with E-state index in [0.717, 1.165) is 0 Å². The van der Waals surface area contributed by atoms with Crippen LogP contribution in [-0.2, 0) is 4.79 Å². The van der Waals surface area contributed by atoms with Gasteiger partial charge in [-0.2, -0.15) is 0 Å². The predicted octanol–water partition coefficient (Wildman–Crippen LogP) is 2.24. The minimum absolute atomic E-state index is 0.0379. The zero-order valence-corrected chi connectivity index (χ0v) is 11.3. The van der Waals surface area contributed by atoms with Crippen LogP contribution >= 0.6 is 0 Å². The molecule has 0 bridgehead atoms. The van der Waals surface area contributed by atoms with Gasteiger partial charge in [0.15, 0.2) is 11.6 Å². The zero-order chi connectivity index (χ0) is 14.5. The minimum atomic E-state index is -0.267. The zero-order valence-electron chi connectivity index (χ0n) is 11.3. The van der Waals surface area contributed by atoms with Crippen LogP contribution in [0, 0.1) is 6.92 Å². The first-order valence-electron chi connectivity index (χ1n) is 6.13. The van der Waals surface area contributed by atoms with Crippen molar-refractivity contribution in [2.24, 2.45) is 0 Å². The van der Waals surface area contributed by atoms with Crippen molar-refractivity contribution in [1.82, 2.24) is 5.16 Å². The van der Waals surface area contributed by atoms with Crippen LogP contribution in [0.25, 0.3) is 0 Å². The lowest BCUT2D eigenvalue weighted by molar-refractivity contribution is -0.114. The summed E-state index contributed by atoms with van der Waals surface area (Å²) in [7, 11) is 0. The van der Waals surface area contributed by atoms with Crippen molar-refractivity contribution >= 4 is 23.2 Å². The molecule has 2 N–H and O–H groups in total. The number of hydrogen-bond donors (Lipinski definition) is 2. The Labute approximate surface area is 116 Å². The Morgan fingerprint density at radius 1 is 1.30 bits per heavy atom. The quantitative estimate of drug-likeness (QED) is 0.816. The van der Waals surface area contributed by atoms with Gasteiger partial charge in [0.25, 0.3) is 0 Å². The number of carbonyl (C=O) groups excluding carboxylic acids is 2. The number of para-hydroxylation sites is 1. The van der Waals surface area contributed by atoms with Gasteiger partial charge < -0.3 is 15.2 Å². The standard InChI is InChI=1S/C14H15N3O3/c1-9-7-13(17-20-9)16-14(19)8-15-12-6-4-3-5-11(12)10(2)18/h3-7,15H,8H2,1-2H3,(H,16,17,19). The summed E-state index contributed by atoms with van der Waals surface area (Å²) in [6.45, 7) is 3.26. The second-order valence-electron chi connectivity index (χ2n) is 4.33. The van der Waals surface area contributed by atoms with Crippen LogP contribution in [0.15, 0.2) is 34.9 Å². The van der Waals surface area contributed by atoms with E-state index in [0.29, 0.717) is 22.8 Å². The summed E-state index contributed by atoms with van der Waals surface area (Å²) in [4.78, 5) is 23.2. The molecule has 0 aliphatic rings. The van der Waals surface area contributed by atoms with Gasteiger partial charge in [0.2, 0.25) is 5.91 Å². The number of nitrogens with zero attached hydrogens (tertiary/aromatic N) is 1. The SMILES string of the molecule is CC(=O)c1ccccc1NCC(=O)Nc1cc(C)on1. The largest absolute Gasteiger partial charge is 0.376 e. The molecule has 0 radical (unpaired) electrons. The number of benzene rings is 1. The van der Waals surface area contributed by atoms with Gasteiger partial charge in [0, 0.05) is 17.3 Å². The van der Waals surface area contributed by atoms with Gasteiger partial charge in [-0.15, -0.1) is 0 Å². The number of rotatable bonds is 5. The van der Waals surface area contributed by atoms with Gasteiger partial charge in [-0.05, 0) is 26.0 Å². The lowest BCUT2D eigenvalue weighted by Gasteiger charge is -2.09. The number of hydrogen-bond acceptors (Lipinski definition) is 5. The van der Waals surface area contributed by atoms with Crippen molar-refractivity contribution in [3.8, 4) is 0 Å². The molecular formula is C14H15N3O3. The summed E-state index contributed by atoms with van der Waals surface area (Å²) >= 11 is 0. The van der Waals surface area contributed by atoms with Crippen LogP contribution < -0.4 is 10.6 Å². The van der Waals surface area contributed by atoms with Crippen LogP contribution in [-0.4, -0.2) is 23.4 Å². The van der Waals surface area contributed by atoms with Crippen molar-refractivity contribution in [1.29, 1.82) is 0 Å². The van der Waals surface area contributed by atoms with E-state index in [1.54, 1.807) is 37.3 Å². The van der Waals surface area contributed by atoms with E-state index in [1.165, 1.54) is 6.92 Å². The molecule has 104 valence electrons. The topological polar surface area (TPSA) is 84.2 Å². The van der Waals surface area contributed by atoms with Crippen LogP contribution in [0.1, 0.15) is 23.0 Å². The lowest BCUT2D eigenvalue weighted by Crippen LogP contribution is -2.22.